The molecule has 1 heterocycles. The Labute approximate surface area is 138 Å². The van der Waals surface area contributed by atoms with E-state index >= 15 is 0 Å². The van der Waals surface area contributed by atoms with Crippen LogP contribution in [0.15, 0.2) is 24.5 Å². The highest BCUT2D eigenvalue weighted by atomic mass is 19.1. The van der Waals surface area contributed by atoms with Crippen molar-refractivity contribution >= 4 is 6.03 Å². The molecule has 1 aromatic heterocycles. The van der Waals surface area contributed by atoms with E-state index in [2.05, 4.69) is 15.5 Å². The second-order valence-corrected chi connectivity index (χ2v) is 5.79. The fourth-order valence-corrected chi connectivity index (χ4v) is 2.52. The van der Waals surface area contributed by atoms with Crippen LogP contribution in [0.4, 0.5) is 13.6 Å². The lowest BCUT2D eigenvalue weighted by atomic mass is 10.2. The first kappa shape index (κ1) is 16.4. The molecule has 0 bridgehead atoms. The van der Waals surface area contributed by atoms with Crippen LogP contribution in [0.25, 0.3) is 0 Å². The first-order valence-electron chi connectivity index (χ1n) is 7.93. The smallest absolute Gasteiger partial charge is 0.318 e. The van der Waals surface area contributed by atoms with Gasteiger partial charge in [0.2, 0.25) is 0 Å². The van der Waals surface area contributed by atoms with Gasteiger partial charge in [-0.2, -0.15) is 0 Å². The van der Waals surface area contributed by atoms with E-state index in [0.717, 1.165) is 18.9 Å². The summed E-state index contributed by atoms with van der Waals surface area (Å²) >= 11 is 0. The van der Waals surface area contributed by atoms with Crippen LogP contribution >= 0.6 is 0 Å². The summed E-state index contributed by atoms with van der Waals surface area (Å²) in [5.41, 5.74) is 0.301. The number of nitrogens with one attached hydrogen (secondary N) is 1. The average Bonchev–Trinajstić information content (AvgIpc) is 3.29. The third kappa shape index (κ3) is 3.69. The lowest BCUT2D eigenvalue weighted by molar-refractivity contribution is 0.190. The van der Waals surface area contributed by atoms with Gasteiger partial charge in [-0.1, -0.05) is 6.07 Å². The van der Waals surface area contributed by atoms with Gasteiger partial charge >= 0.3 is 6.03 Å². The highest BCUT2D eigenvalue weighted by molar-refractivity contribution is 5.74. The topological polar surface area (TPSA) is 63.1 Å². The van der Waals surface area contributed by atoms with Crippen LogP contribution in [0.1, 0.15) is 31.2 Å². The second-order valence-electron chi connectivity index (χ2n) is 5.79. The van der Waals surface area contributed by atoms with Crippen molar-refractivity contribution in [2.45, 2.75) is 45.4 Å². The maximum absolute atomic E-state index is 13.8. The molecule has 1 aliphatic carbocycles. The fourth-order valence-electron chi connectivity index (χ4n) is 2.52. The number of aromatic nitrogens is 3. The normalized spacial score (nSPS) is 13.8. The number of benzene rings is 1. The van der Waals surface area contributed by atoms with E-state index in [0.29, 0.717) is 17.9 Å². The molecule has 0 atom stereocenters. The molecule has 2 amide bonds. The van der Waals surface area contributed by atoms with Crippen LogP contribution in [0.3, 0.4) is 0 Å². The summed E-state index contributed by atoms with van der Waals surface area (Å²) in [6.45, 7) is 3.04. The molecule has 0 unspecified atom stereocenters. The van der Waals surface area contributed by atoms with Gasteiger partial charge in [0.25, 0.3) is 0 Å². The zero-order valence-corrected chi connectivity index (χ0v) is 13.4. The predicted octanol–water partition coefficient (Wildman–Crippen LogP) is 2.45. The van der Waals surface area contributed by atoms with Crippen molar-refractivity contribution in [2.75, 3.05) is 0 Å². The summed E-state index contributed by atoms with van der Waals surface area (Å²) in [5.74, 6) is -0.605. The van der Waals surface area contributed by atoms with Crippen molar-refractivity contribution in [3.63, 3.8) is 0 Å². The molecule has 0 spiro atoms. The molecule has 1 N–H and O–H groups in total. The first-order valence-corrected chi connectivity index (χ1v) is 7.93. The van der Waals surface area contributed by atoms with Crippen molar-refractivity contribution in [1.29, 1.82) is 0 Å². The van der Waals surface area contributed by atoms with E-state index in [-0.39, 0.29) is 25.2 Å². The Morgan fingerprint density at radius 2 is 2.21 bits per heavy atom. The maximum atomic E-state index is 13.8. The first-order chi connectivity index (χ1) is 11.6. The number of amides is 2. The zero-order chi connectivity index (χ0) is 17.1. The van der Waals surface area contributed by atoms with Gasteiger partial charge in [-0.15, -0.1) is 10.2 Å². The molecule has 2 aromatic rings. The van der Waals surface area contributed by atoms with Crippen LogP contribution in [0.5, 0.6) is 0 Å². The zero-order valence-electron chi connectivity index (χ0n) is 13.4. The van der Waals surface area contributed by atoms with Gasteiger partial charge in [-0.25, -0.2) is 13.6 Å². The number of hydrogen-bond donors (Lipinski definition) is 1. The molecule has 0 saturated heterocycles. The molecule has 0 radical (unpaired) electrons. The molecule has 1 aromatic carbocycles. The Morgan fingerprint density at radius 1 is 1.42 bits per heavy atom. The van der Waals surface area contributed by atoms with Crippen molar-refractivity contribution < 1.29 is 13.6 Å². The van der Waals surface area contributed by atoms with Crippen molar-refractivity contribution in [3.05, 3.63) is 47.5 Å². The van der Waals surface area contributed by atoms with E-state index in [9.17, 15) is 13.6 Å². The summed E-state index contributed by atoms with van der Waals surface area (Å²) in [7, 11) is 0. The largest absolute Gasteiger partial charge is 0.331 e. The number of halogens is 2. The molecular weight excluding hydrogens is 316 g/mol. The Bertz CT molecular complexity index is 729. The molecule has 128 valence electrons. The standard InChI is InChI=1S/C16H19F2N5O/c1-2-22-10-20-21-15(22)8-19-16(24)23(13-5-6-13)9-11-3-4-12(17)7-14(11)18/h3-4,7,10,13H,2,5-6,8-9H2,1H3,(H,19,24). The van der Waals surface area contributed by atoms with E-state index in [1.807, 2.05) is 11.5 Å². The SMILES string of the molecule is CCn1cnnc1CNC(=O)N(Cc1ccc(F)cc1F)C1CC1. The summed E-state index contributed by atoms with van der Waals surface area (Å²) in [5, 5.41) is 10.6. The number of carbonyl (C=O) groups excluding carboxylic acids is 1. The molecule has 8 heteroatoms. The molecule has 24 heavy (non-hydrogen) atoms. The third-order valence-electron chi connectivity index (χ3n) is 4.04. The number of urea groups is 1. The summed E-state index contributed by atoms with van der Waals surface area (Å²) in [6, 6.07) is 3.22. The van der Waals surface area contributed by atoms with Crippen LogP contribution in [0.2, 0.25) is 0 Å². The van der Waals surface area contributed by atoms with E-state index < -0.39 is 11.6 Å². The Hall–Kier alpha value is -2.51. The quantitative estimate of drug-likeness (QED) is 0.882. The van der Waals surface area contributed by atoms with E-state index in [1.165, 1.54) is 12.1 Å². The van der Waals surface area contributed by atoms with Crippen LogP contribution in [0, 0.1) is 11.6 Å². The molecule has 0 aliphatic heterocycles. The summed E-state index contributed by atoms with van der Waals surface area (Å²) < 4.78 is 28.7. The Kier molecular flexibility index (Phi) is 4.73. The van der Waals surface area contributed by atoms with Crippen LogP contribution in [-0.4, -0.2) is 31.7 Å². The van der Waals surface area contributed by atoms with Crippen LogP contribution < -0.4 is 5.32 Å². The van der Waals surface area contributed by atoms with E-state index in [1.54, 1.807) is 11.2 Å². The predicted molar refractivity (Wildman–Crippen MR) is 82.9 cm³/mol. The average molecular weight is 335 g/mol. The maximum Gasteiger partial charge on any atom is 0.318 e. The molecular formula is C16H19F2N5O. The van der Waals surface area contributed by atoms with Gasteiger partial charge in [0.05, 0.1) is 13.1 Å². The number of hydrogen-bond acceptors (Lipinski definition) is 3. The van der Waals surface area contributed by atoms with E-state index in [4.69, 9.17) is 0 Å². The number of rotatable bonds is 6. The van der Waals surface area contributed by atoms with Gasteiger partial charge in [-0.05, 0) is 25.8 Å². The highest BCUT2D eigenvalue weighted by Crippen LogP contribution is 2.29. The Morgan fingerprint density at radius 3 is 2.88 bits per heavy atom. The van der Waals surface area contributed by atoms with Crippen LogP contribution in [-0.2, 0) is 19.6 Å². The minimum Gasteiger partial charge on any atom is -0.331 e. The minimum absolute atomic E-state index is 0.0958. The lowest BCUT2D eigenvalue weighted by Gasteiger charge is -2.23. The molecule has 3 rings (SSSR count). The number of carbonyl (C=O) groups is 1. The highest BCUT2D eigenvalue weighted by Gasteiger charge is 2.33. The number of aryl methyl sites for hydroxylation is 1. The molecule has 1 aliphatic rings. The summed E-state index contributed by atoms with van der Waals surface area (Å²) in [4.78, 5) is 14.0. The fraction of sp³-hybridized carbons (Fsp3) is 0.438. The lowest BCUT2D eigenvalue weighted by Crippen LogP contribution is -2.41. The van der Waals surface area contributed by atoms with Gasteiger partial charge < -0.3 is 14.8 Å². The summed E-state index contributed by atoms with van der Waals surface area (Å²) in [6.07, 6.45) is 3.39. The molecule has 1 fully saturated rings. The van der Waals surface area contributed by atoms with Gasteiger partial charge in [0.15, 0.2) is 5.82 Å². The van der Waals surface area contributed by atoms with Gasteiger partial charge in [0, 0.05) is 24.2 Å². The van der Waals surface area contributed by atoms with Gasteiger partial charge in [-0.3, -0.25) is 0 Å². The van der Waals surface area contributed by atoms with Gasteiger partial charge in [0.1, 0.15) is 18.0 Å². The number of nitrogens with zero attached hydrogens (tertiary/aromatic N) is 4. The van der Waals surface area contributed by atoms with Crippen molar-refractivity contribution in [1.82, 2.24) is 25.0 Å². The van der Waals surface area contributed by atoms with Crippen molar-refractivity contribution in [3.8, 4) is 0 Å². The third-order valence-corrected chi connectivity index (χ3v) is 4.04. The Balaban J connectivity index is 1.65. The molecule has 1 saturated carbocycles. The monoisotopic (exact) mass is 335 g/mol. The minimum atomic E-state index is -0.640. The van der Waals surface area contributed by atoms with Crippen molar-refractivity contribution in [2.24, 2.45) is 0 Å². The molecule has 6 nitrogen and oxygen atoms in total. The second kappa shape index (κ2) is 6.94.